The highest BCUT2D eigenvalue weighted by Gasteiger charge is 2.23. The minimum Gasteiger partial charge on any atom is -0.493 e. The number of fused-ring (bicyclic) bond motifs is 1. The highest BCUT2D eigenvalue weighted by atomic mass is 16.5. The monoisotopic (exact) mass is 391 g/mol. The zero-order valence-corrected chi connectivity index (χ0v) is 16.8. The number of benzene rings is 2. The van der Waals surface area contributed by atoms with Crippen LogP contribution in [0.1, 0.15) is 29.5 Å². The molecule has 0 bridgehead atoms. The zero-order valence-electron chi connectivity index (χ0n) is 16.8. The fraction of sp³-hybridized carbons (Fsp3) is 0.333. The molecule has 3 aromatic rings. The van der Waals surface area contributed by atoms with Crippen LogP contribution in [0.15, 0.2) is 46.0 Å². The normalized spacial score (nSPS) is 13.2. The van der Waals surface area contributed by atoms with Gasteiger partial charge in [0.15, 0.2) is 11.5 Å². The Kier molecular flexibility index (Phi) is 5.38. The summed E-state index contributed by atoms with van der Waals surface area (Å²) in [6.07, 6.45) is 5.23. The van der Waals surface area contributed by atoms with Gasteiger partial charge in [0, 0.05) is 6.54 Å². The molecule has 0 fully saturated rings. The topological polar surface area (TPSA) is 64.6 Å². The first kappa shape index (κ1) is 19.2. The SMILES string of the molecule is COc1ccc(CCNc2c(-c3ccc4c(c3)CCCC4)c(=O)c2=O)cc1OC. The molecule has 0 heterocycles. The molecule has 0 saturated heterocycles. The van der Waals surface area contributed by atoms with E-state index in [0.717, 1.165) is 24.0 Å². The maximum absolute atomic E-state index is 12.2. The number of hydrogen-bond donors (Lipinski definition) is 1. The number of methoxy groups -OCH3 is 2. The standard InChI is InChI=1S/C24H25NO4/c1-28-19-10-7-15(13-20(19)29-2)11-12-25-22-21(23(26)24(22)27)18-9-8-16-5-3-4-6-17(16)14-18/h7-10,13-14,25H,3-6,11-12H2,1-2H3. The van der Waals surface area contributed by atoms with Crippen LogP contribution in [0.5, 0.6) is 11.5 Å². The molecule has 0 spiro atoms. The summed E-state index contributed by atoms with van der Waals surface area (Å²) in [6.45, 7) is 0.554. The molecule has 29 heavy (non-hydrogen) atoms. The Morgan fingerprint density at radius 3 is 2.38 bits per heavy atom. The molecule has 3 aromatic carbocycles. The Balaban J connectivity index is 1.49. The second kappa shape index (κ2) is 8.11. The van der Waals surface area contributed by atoms with Gasteiger partial charge in [-0.05, 0) is 66.5 Å². The molecule has 5 nitrogen and oxygen atoms in total. The van der Waals surface area contributed by atoms with Gasteiger partial charge in [0.25, 0.3) is 0 Å². The van der Waals surface area contributed by atoms with Gasteiger partial charge in [-0.3, -0.25) is 9.59 Å². The summed E-state index contributed by atoms with van der Waals surface area (Å²) >= 11 is 0. The lowest BCUT2D eigenvalue weighted by Gasteiger charge is -2.18. The minimum atomic E-state index is -0.426. The maximum Gasteiger partial charge on any atom is 0.250 e. The third-order valence-electron chi connectivity index (χ3n) is 5.71. The fourth-order valence-electron chi connectivity index (χ4n) is 4.09. The molecule has 0 saturated carbocycles. The van der Waals surface area contributed by atoms with Gasteiger partial charge >= 0.3 is 0 Å². The van der Waals surface area contributed by atoms with Crippen LogP contribution in [-0.4, -0.2) is 20.8 Å². The first-order chi connectivity index (χ1) is 14.1. The average molecular weight is 391 g/mol. The van der Waals surface area contributed by atoms with Crippen molar-refractivity contribution in [2.45, 2.75) is 32.1 Å². The van der Waals surface area contributed by atoms with Crippen LogP contribution in [0.25, 0.3) is 11.1 Å². The number of hydrogen-bond acceptors (Lipinski definition) is 5. The fourth-order valence-corrected chi connectivity index (χ4v) is 4.09. The molecule has 0 unspecified atom stereocenters. The quantitative estimate of drug-likeness (QED) is 0.625. The van der Waals surface area contributed by atoms with Gasteiger partial charge in [-0.15, -0.1) is 0 Å². The van der Waals surface area contributed by atoms with E-state index >= 15 is 0 Å². The van der Waals surface area contributed by atoms with E-state index < -0.39 is 10.9 Å². The predicted molar refractivity (Wildman–Crippen MR) is 115 cm³/mol. The molecule has 0 aromatic heterocycles. The molecule has 0 amide bonds. The second-order valence-corrected chi connectivity index (χ2v) is 7.46. The Labute approximate surface area is 170 Å². The molecule has 1 aliphatic carbocycles. The minimum absolute atomic E-state index is 0.394. The van der Waals surface area contributed by atoms with Gasteiger partial charge in [0.05, 0.1) is 25.5 Å². The Morgan fingerprint density at radius 2 is 1.62 bits per heavy atom. The largest absolute Gasteiger partial charge is 0.493 e. The summed E-state index contributed by atoms with van der Waals surface area (Å²) in [7, 11) is 3.21. The number of nitrogens with one attached hydrogen (secondary N) is 1. The summed E-state index contributed by atoms with van der Waals surface area (Å²) in [5, 5.41) is 3.18. The Morgan fingerprint density at radius 1 is 0.862 bits per heavy atom. The summed E-state index contributed by atoms with van der Waals surface area (Å²) in [4.78, 5) is 24.4. The van der Waals surface area contributed by atoms with Gasteiger partial charge in [-0.1, -0.05) is 24.3 Å². The van der Waals surface area contributed by atoms with Crippen LogP contribution in [0, 0.1) is 0 Å². The lowest BCUT2D eigenvalue weighted by Crippen LogP contribution is -2.36. The molecule has 1 N–H and O–H groups in total. The van der Waals surface area contributed by atoms with Crippen LogP contribution in [-0.2, 0) is 19.3 Å². The first-order valence-electron chi connectivity index (χ1n) is 10.0. The molecule has 1 aliphatic rings. The molecule has 0 aliphatic heterocycles. The Hall–Kier alpha value is -3.08. The van der Waals surface area contributed by atoms with Crippen LogP contribution < -0.4 is 25.6 Å². The van der Waals surface area contributed by atoms with Crippen molar-refractivity contribution in [2.24, 2.45) is 0 Å². The van der Waals surface area contributed by atoms with Crippen molar-refractivity contribution in [3.63, 3.8) is 0 Å². The van der Waals surface area contributed by atoms with E-state index in [1.54, 1.807) is 14.2 Å². The van der Waals surface area contributed by atoms with E-state index in [-0.39, 0.29) is 0 Å². The molecular formula is C24H25NO4. The van der Waals surface area contributed by atoms with Crippen LogP contribution in [0.2, 0.25) is 0 Å². The molecule has 5 heteroatoms. The van der Waals surface area contributed by atoms with Crippen molar-refractivity contribution < 1.29 is 9.47 Å². The molecular weight excluding hydrogens is 366 g/mol. The molecule has 0 radical (unpaired) electrons. The number of rotatable bonds is 7. The molecule has 0 atom stereocenters. The zero-order chi connectivity index (χ0) is 20.4. The van der Waals surface area contributed by atoms with E-state index in [4.69, 9.17) is 9.47 Å². The maximum atomic E-state index is 12.2. The van der Waals surface area contributed by atoms with Gasteiger partial charge in [0.1, 0.15) is 0 Å². The second-order valence-electron chi connectivity index (χ2n) is 7.46. The predicted octanol–water partition coefficient (Wildman–Crippen LogP) is 3.50. The van der Waals surface area contributed by atoms with Crippen LogP contribution >= 0.6 is 0 Å². The summed E-state index contributed by atoms with van der Waals surface area (Å²) in [6, 6.07) is 11.9. The third kappa shape index (κ3) is 3.65. The summed E-state index contributed by atoms with van der Waals surface area (Å²) in [5.74, 6) is 1.36. The Bertz CT molecular complexity index is 1110. The van der Waals surface area contributed by atoms with Crippen molar-refractivity contribution >= 4 is 5.69 Å². The molecule has 4 rings (SSSR count). The summed E-state index contributed by atoms with van der Waals surface area (Å²) < 4.78 is 10.6. The van der Waals surface area contributed by atoms with Gasteiger partial charge in [0.2, 0.25) is 10.9 Å². The lowest BCUT2D eigenvalue weighted by molar-refractivity contribution is 0.354. The van der Waals surface area contributed by atoms with E-state index in [9.17, 15) is 9.59 Å². The van der Waals surface area contributed by atoms with Crippen molar-refractivity contribution in [3.8, 4) is 22.6 Å². The van der Waals surface area contributed by atoms with Crippen molar-refractivity contribution in [3.05, 3.63) is 73.5 Å². The van der Waals surface area contributed by atoms with E-state index in [1.165, 1.54) is 24.0 Å². The summed E-state index contributed by atoms with van der Waals surface area (Å²) in [5.41, 5.74) is 4.72. The third-order valence-corrected chi connectivity index (χ3v) is 5.71. The van der Waals surface area contributed by atoms with E-state index in [2.05, 4.69) is 17.4 Å². The average Bonchev–Trinajstić information content (AvgIpc) is 2.77. The highest BCUT2D eigenvalue weighted by Crippen LogP contribution is 2.30. The molecule has 150 valence electrons. The van der Waals surface area contributed by atoms with E-state index in [1.807, 2.05) is 24.3 Å². The lowest BCUT2D eigenvalue weighted by atomic mass is 9.88. The highest BCUT2D eigenvalue weighted by molar-refractivity contribution is 5.82. The van der Waals surface area contributed by atoms with Gasteiger partial charge in [-0.2, -0.15) is 0 Å². The first-order valence-corrected chi connectivity index (χ1v) is 10.0. The van der Waals surface area contributed by atoms with Crippen LogP contribution in [0.3, 0.4) is 0 Å². The number of aryl methyl sites for hydroxylation is 2. The van der Waals surface area contributed by atoms with E-state index in [0.29, 0.717) is 35.7 Å². The van der Waals surface area contributed by atoms with Crippen molar-refractivity contribution in [1.82, 2.24) is 0 Å². The van der Waals surface area contributed by atoms with Crippen LogP contribution in [0.4, 0.5) is 5.69 Å². The smallest absolute Gasteiger partial charge is 0.250 e. The van der Waals surface area contributed by atoms with Gasteiger partial charge in [-0.25, -0.2) is 0 Å². The number of ether oxygens (including phenoxy) is 2. The van der Waals surface area contributed by atoms with Crippen molar-refractivity contribution in [2.75, 3.05) is 26.1 Å². The number of anilines is 1. The van der Waals surface area contributed by atoms with Gasteiger partial charge < -0.3 is 14.8 Å². The van der Waals surface area contributed by atoms with Crippen molar-refractivity contribution in [1.29, 1.82) is 0 Å².